The van der Waals surface area contributed by atoms with E-state index < -0.39 is 18.4 Å². The van der Waals surface area contributed by atoms with Gasteiger partial charge in [0.15, 0.2) is 0 Å². The van der Waals surface area contributed by atoms with Crippen LogP contribution < -0.4 is 9.44 Å². The van der Waals surface area contributed by atoms with E-state index in [0.29, 0.717) is 0 Å². The number of nitrogens with two attached hydrogens (primary N) is 1. The van der Waals surface area contributed by atoms with Gasteiger partial charge in [0, 0.05) is 0 Å². The minimum atomic E-state index is -2.41. The van der Waals surface area contributed by atoms with Crippen molar-refractivity contribution in [1.29, 1.82) is 0 Å². The van der Waals surface area contributed by atoms with Crippen LogP contribution in [0.5, 0.6) is 0 Å². The van der Waals surface area contributed by atoms with Crippen LogP contribution in [0.4, 0.5) is 5.69 Å². The molecule has 1 aromatic carbocycles. The van der Waals surface area contributed by atoms with Crippen molar-refractivity contribution in [1.82, 2.24) is 9.78 Å². The Balaban J connectivity index is 2.32. The van der Waals surface area contributed by atoms with Gasteiger partial charge in [0.1, 0.15) is 0 Å². The number of benzene rings is 1. The van der Waals surface area contributed by atoms with Crippen LogP contribution in [0.3, 0.4) is 0 Å². The molecule has 0 amide bonds. The summed E-state index contributed by atoms with van der Waals surface area (Å²) in [5.74, 6) is 0. The van der Waals surface area contributed by atoms with E-state index in [4.69, 9.17) is 10.8 Å². The molecule has 2 aromatic rings. The van der Waals surface area contributed by atoms with Crippen molar-refractivity contribution in [3.8, 4) is 5.69 Å². The topological polar surface area (TPSA) is 43.8 Å². The van der Waals surface area contributed by atoms with E-state index in [1.807, 2.05) is 12.1 Å². The number of aromatic nitrogens is 2. The second-order valence-corrected chi connectivity index (χ2v) is 20.4. The van der Waals surface area contributed by atoms with Crippen molar-refractivity contribution in [3.63, 3.8) is 0 Å². The normalized spacial score (nSPS) is 11.8. The van der Waals surface area contributed by atoms with Crippen LogP contribution in [-0.2, 0) is 0 Å². The average molecular weight is 448 g/mol. The van der Waals surface area contributed by atoms with E-state index in [-0.39, 0.29) is 0 Å². The van der Waals surface area contributed by atoms with Gasteiger partial charge in [-0.3, -0.25) is 0 Å². The van der Waals surface area contributed by atoms with E-state index in [9.17, 15) is 0 Å². The van der Waals surface area contributed by atoms with Crippen LogP contribution >= 0.6 is 0 Å². The van der Waals surface area contributed by atoms with Crippen molar-refractivity contribution >= 4 is 27.8 Å². The molecular formula is C21H35N3Sn. The average Bonchev–Trinajstić information content (AvgIpc) is 3.13. The molecule has 0 aliphatic rings. The van der Waals surface area contributed by atoms with Crippen molar-refractivity contribution in [2.75, 3.05) is 5.73 Å². The summed E-state index contributed by atoms with van der Waals surface area (Å²) in [6.07, 6.45) is 10.2. The zero-order valence-electron chi connectivity index (χ0n) is 16.3. The number of hydrogen-bond acceptors (Lipinski definition) is 2. The van der Waals surface area contributed by atoms with Gasteiger partial charge in [-0.05, 0) is 0 Å². The first-order valence-corrected chi connectivity index (χ1v) is 17.6. The molecule has 2 rings (SSSR count). The number of anilines is 1. The fourth-order valence-corrected chi connectivity index (χ4v) is 19.0. The molecule has 0 atom stereocenters. The predicted octanol–water partition coefficient (Wildman–Crippen LogP) is 5.51. The SMILES string of the molecule is CCC[CH2][Sn]([CH2]CCC)([CH2]CCC)[c]1ccn(-c2ccc(N)cc2)n1. The quantitative estimate of drug-likeness (QED) is 0.364. The summed E-state index contributed by atoms with van der Waals surface area (Å²) in [5.41, 5.74) is 7.74. The molecule has 0 bridgehead atoms. The summed E-state index contributed by atoms with van der Waals surface area (Å²) >= 11 is -2.41. The molecule has 1 aromatic heterocycles. The van der Waals surface area contributed by atoms with Gasteiger partial charge < -0.3 is 0 Å². The molecule has 0 unspecified atom stereocenters. The third-order valence-electron chi connectivity index (χ3n) is 5.32. The second-order valence-electron chi connectivity index (χ2n) is 7.33. The third-order valence-corrected chi connectivity index (χ3v) is 20.4. The molecule has 0 fully saturated rings. The molecule has 3 nitrogen and oxygen atoms in total. The first-order valence-electron chi connectivity index (χ1n) is 10.1. The standard InChI is InChI=1S/C9H8N3.3C4H9.Sn/c10-8-2-4-9(5-3-8)12-7-1-6-11-12;3*1-3-4-2;/h1-5,7H,10H2;3*1,3-4H2,2H3;. The van der Waals surface area contributed by atoms with E-state index in [2.05, 4.69) is 49.8 Å². The Morgan fingerprint density at radius 1 is 0.840 bits per heavy atom. The molecule has 0 saturated heterocycles. The van der Waals surface area contributed by atoms with Crippen LogP contribution in [0.15, 0.2) is 36.5 Å². The molecule has 138 valence electrons. The van der Waals surface area contributed by atoms with Gasteiger partial charge in [-0.1, -0.05) is 0 Å². The second kappa shape index (κ2) is 10.2. The number of nitrogens with zero attached hydrogens (tertiary/aromatic N) is 2. The van der Waals surface area contributed by atoms with Gasteiger partial charge in [0.2, 0.25) is 0 Å². The van der Waals surface area contributed by atoms with Crippen molar-refractivity contribution < 1.29 is 0 Å². The molecule has 0 aliphatic carbocycles. The van der Waals surface area contributed by atoms with Gasteiger partial charge in [-0.2, -0.15) is 0 Å². The first-order chi connectivity index (χ1) is 12.1. The molecule has 2 N–H and O–H groups in total. The number of nitrogen functional groups attached to an aromatic ring is 1. The summed E-state index contributed by atoms with van der Waals surface area (Å²) in [6.45, 7) is 6.97. The maximum atomic E-state index is 5.82. The van der Waals surface area contributed by atoms with Gasteiger partial charge in [-0.15, -0.1) is 0 Å². The fraction of sp³-hybridized carbons (Fsp3) is 0.571. The van der Waals surface area contributed by atoms with Crippen LogP contribution in [0.2, 0.25) is 13.3 Å². The molecule has 1 heterocycles. The third kappa shape index (κ3) is 5.50. The summed E-state index contributed by atoms with van der Waals surface area (Å²) in [7, 11) is 0. The Kier molecular flexibility index (Phi) is 8.34. The molecule has 0 spiro atoms. The van der Waals surface area contributed by atoms with Crippen molar-refractivity contribution in [2.24, 2.45) is 0 Å². The Morgan fingerprint density at radius 3 is 1.84 bits per heavy atom. The molecular weight excluding hydrogens is 413 g/mol. The maximum absolute atomic E-state index is 5.82. The Hall–Kier alpha value is -0.971. The fourth-order valence-electron chi connectivity index (χ4n) is 3.68. The minimum absolute atomic E-state index is 0.804. The zero-order chi connectivity index (χ0) is 18.1. The van der Waals surface area contributed by atoms with Gasteiger partial charge >= 0.3 is 158 Å². The Morgan fingerprint density at radius 2 is 1.36 bits per heavy atom. The van der Waals surface area contributed by atoms with Gasteiger partial charge in [0.25, 0.3) is 0 Å². The molecule has 0 saturated carbocycles. The Labute approximate surface area is 157 Å². The summed E-state index contributed by atoms with van der Waals surface area (Å²) in [6, 6.07) is 10.4. The van der Waals surface area contributed by atoms with E-state index in [1.165, 1.54) is 55.5 Å². The van der Waals surface area contributed by atoms with Crippen LogP contribution in [0.1, 0.15) is 59.3 Å². The predicted molar refractivity (Wildman–Crippen MR) is 113 cm³/mol. The van der Waals surface area contributed by atoms with E-state index in [0.717, 1.165) is 11.4 Å². The van der Waals surface area contributed by atoms with Gasteiger partial charge in [-0.25, -0.2) is 0 Å². The summed E-state index contributed by atoms with van der Waals surface area (Å²) in [5, 5.41) is 5.11. The molecule has 25 heavy (non-hydrogen) atoms. The first kappa shape index (κ1) is 20.3. The zero-order valence-corrected chi connectivity index (χ0v) is 19.2. The molecule has 0 aliphatic heterocycles. The molecule has 0 radical (unpaired) electrons. The summed E-state index contributed by atoms with van der Waals surface area (Å²) in [4.78, 5) is 0. The van der Waals surface area contributed by atoms with Gasteiger partial charge in [0.05, 0.1) is 0 Å². The summed E-state index contributed by atoms with van der Waals surface area (Å²) < 4.78 is 7.93. The van der Waals surface area contributed by atoms with E-state index in [1.54, 1.807) is 0 Å². The van der Waals surface area contributed by atoms with Crippen LogP contribution in [0, 0.1) is 0 Å². The number of unbranched alkanes of at least 4 members (excludes halogenated alkanes) is 3. The van der Waals surface area contributed by atoms with Crippen LogP contribution in [-0.4, -0.2) is 28.2 Å². The monoisotopic (exact) mass is 449 g/mol. The van der Waals surface area contributed by atoms with Crippen molar-refractivity contribution in [3.05, 3.63) is 36.5 Å². The van der Waals surface area contributed by atoms with Crippen molar-refractivity contribution in [2.45, 2.75) is 72.6 Å². The Bertz CT molecular complexity index is 597. The number of hydrogen-bond donors (Lipinski definition) is 1. The van der Waals surface area contributed by atoms with Crippen LogP contribution in [0.25, 0.3) is 5.69 Å². The number of rotatable bonds is 11. The van der Waals surface area contributed by atoms with E-state index >= 15 is 0 Å². The molecule has 4 heteroatoms.